The topological polar surface area (TPSA) is 154 Å². The maximum absolute atomic E-state index is 13.4. The minimum Gasteiger partial charge on any atom is -0.477 e. The van der Waals surface area contributed by atoms with Crippen molar-refractivity contribution in [1.29, 1.82) is 0 Å². The van der Waals surface area contributed by atoms with Crippen LogP contribution in [0.25, 0.3) is 0 Å². The first-order valence-electron chi connectivity index (χ1n) is 12.5. The van der Waals surface area contributed by atoms with Crippen molar-refractivity contribution in [3.63, 3.8) is 0 Å². The molecule has 4 heterocycles. The number of β-lactam (4-membered cyclic amide) rings is 1. The molecule has 1 saturated heterocycles. The molecule has 2 aliphatic heterocycles. The summed E-state index contributed by atoms with van der Waals surface area (Å²) in [7, 11) is 0. The summed E-state index contributed by atoms with van der Waals surface area (Å²) in [6.45, 7) is 0.329. The average molecular weight is 552 g/mol. The number of amides is 3. The Morgan fingerprint density at radius 3 is 2.69 bits per heavy atom. The number of nitrogens with zero attached hydrogens (tertiary/aromatic N) is 4. The molecule has 2 aromatic heterocycles. The van der Waals surface area contributed by atoms with E-state index in [0.717, 1.165) is 25.7 Å². The number of pyridine rings is 2. The first-order chi connectivity index (χ1) is 19.0. The molecular weight excluding hydrogens is 524 g/mol. The van der Waals surface area contributed by atoms with Gasteiger partial charge in [-0.1, -0.05) is 17.3 Å². The number of oxime groups is 1. The molecule has 12 nitrogen and oxygen atoms in total. The number of aromatic nitrogens is 2. The lowest BCUT2D eigenvalue weighted by Gasteiger charge is -2.49. The third-order valence-corrected chi connectivity index (χ3v) is 8.04. The number of rotatable bonds is 10. The Labute approximate surface area is 228 Å². The molecule has 3 aliphatic rings. The number of carboxylic acid groups (broad SMARTS) is 1. The van der Waals surface area contributed by atoms with Crippen molar-refractivity contribution < 1.29 is 33.7 Å². The van der Waals surface area contributed by atoms with Gasteiger partial charge in [0.15, 0.2) is 24.7 Å². The van der Waals surface area contributed by atoms with E-state index in [1.165, 1.54) is 16.7 Å². The number of hydrogen-bond acceptors (Lipinski definition) is 8. The number of anilines is 1. The molecule has 13 heteroatoms. The van der Waals surface area contributed by atoms with Crippen molar-refractivity contribution in [2.45, 2.75) is 49.7 Å². The maximum Gasteiger partial charge on any atom is 0.352 e. The summed E-state index contributed by atoms with van der Waals surface area (Å²) in [4.78, 5) is 60.8. The molecule has 2 atom stereocenters. The Kier molecular flexibility index (Phi) is 7.87. The summed E-state index contributed by atoms with van der Waals surface area (Å²) < 4.78 is 1.84. The normalized spacial score (nSPS) is 21.2. The van der Waals surface area contributed by atoms with Gasteiger partial charge in [0.05, 0.1) is 0 Å². The molecule has 2 fully saturated rings. The third-order valence-electron chi connectivity index (χ3n) is 6.70. The predicted octanol–water partition coefficient (Wildman–Crippen LogP) is 1.04. The van der Waals surface area contributed by atoms with Crippen LogP contribution in [0.1, 0.15) is 31.4 Å². The molecule has 1 saturated carbocycles. The number of nitrogens with one attached hydrogen (secondary N) is 2. The van der Waals surface area contributed by atoms with E-state index in [1.807, 2.05) is 35.2 Å². The third kappa shape index (κ3) is 5.62. The summed E-state index contributed by atoms with van der Waals surface area (Å²) in [5.41, 5.74) is 0.566. The van der Waals surface area contributed by atoms with Crippen LogP contribution in [0.15, 0.2) is 65.2 Å². The number of carboxylic acids is 1. The van der Waals surface area contributed by atoms with Gasteiger partial charge in [0.1, 0.15) is 34.7 Å². The van der Waals surface area contributed by atoms with Crippen LogP contribution in [0, 0.1) is 0 Å². The SMILES string of the molecule is O=CNc1cccc(C(=NOC2CCCC2)C(=O)NC2C(=O)N3C(C(=O)O)=C(C[n+]4ccccc4)CS[C@@H]23)n1. The fraction of sp³-hybridized carbons (Fsp3) is 0.346. The molecule has 0 radical (unpaired) electrons. The Bertz CT molecular complexity index is 1340. The number of carbonyl (C=O) groups excluding carboxylic acids is 3. The van der Waals surface area contributed by atoms with Crippen molar-refractivity contribution in [2.75, 3.05) is 11.1 Å². The average Bonchev–Trinajstić information content (AvgIpc) is 3.46. The van der Waals surface area contributed by atoms with Crippen LogP contribution < -0.4 is 15.2 Å². The van der Waals surface area contributed by atoms with E-state index in [2.05, 4.69) is 20.8 Å². The molecule has 2 aromatic rings. The zero-order valence-corrected chi connectivity index (χ0v) is 21.7. The van der Waals surface area contributed by atoms with Gasteiger partial charge in [0.2, 0.25) is 6.41 Å². The Morgan fingerprint density at radius 2 is 1.97 bits per heavy atom. The predicted molar refractivity (Wildman–Crippen MR) is 140 cm³/mol. The standard InChI is InChI=1S/C26H26N6O6S/c33-15-27-19-10-6-9-18(28-19)20(30-38-17-7-2-3-8-17)23(34)29-21-24(35)32-22(26(36)37)16(14-39-25(21)32)13-31-11-4-1-5-12-31/h1,4-6,9-12,15,17,21,25H,2-3,7-8,13-14H2,(H2-,27,28,29,33,34,36,37)/p+1/t21?,25-/m0/s1. The van der Waals surface area contributed by atoms with Gasteiger partial charge in [0, 0.05) is 23.5 Å². The maximum atomic E-state index is 13.4. The summed E-state index contributed by atoms with van der Waals surface area (Å²) in [5.74, 6) is -1.79. The molecule has 0 aromatic carbocycles. The highest BCUT2D eigenvalue weighted by molar-refractivity contribution is 8.00. The van der Waals surface area contributed by atoms with E-state index in [4.69, 9.17) is 4.84 Å². The number of carbonyl (C=O) groups is 4. The van der Waals surface area contributed by atoms with Gasteiger partial charge < -0.3 is 20.6 Å². The van der Waals surface area contributed by atoms with Gasteiger partial charge >= 0.3 is 5.97 Å². The molecule has 39 heavy (non-hydrogen) atoms. The van der Waals surface area contributed by atoms with Crippen molar-refractivity contribution in [3.05, 3.63) is 65.8 Å². The van der Waals surface area contributed by atoms with Crippen LogP contribution in [0.3, 0.4) is 0 Å². The highest BCUT2D eigenvalue weighted by atomic mass is 32.2. The van der Waals surface area contributed by atoms with E-state index >= 15 is 0 Å². The fourth-order valence-electron chi connectivity index (χ4n) is 4.81. The summed E-state index contributed by atoms with van der Waals surface area (Å²) in [6, 6.07) is 9.32. The molecule has 5 rings (SSSR count). The van der Waals surface area contributed by atoms with Gasteiger partial charge in [-0.15, -0.1) is 11.8 Å². The molecular formula is C26H27N6O6S+. The summed E-state index contributed by atoms with van der Waals surface area (Å²) >= 11 is 1.39. The van der Waals surface area contributed by atoms with Crippen LogP contribution in [0.5, 0.6) is 0 Å². The smallest absolute Gasteiger partial charge is 0.352 e. The summed E-state index contributed by atoms with van der Waals surface area (Å²) in [6.07, 6.45) is 7.66. The Hall–Kier alpha value is -4.26. The van der Waals surface area contributed by atoms with Gasteiger partial charge in [-0.3, -0.25) is 19.3 Å². The van der Waals surface area contributed by atoms with E-state index in [0.29, 0.717) is 24.3 Å². The number of fused-ring (bicyclic) bond motifs is 1. The first-order valence-corrected chi connectivity index (χ1v) is 13.6. The number of hydrogen-bond donors (Lipinski definition) is 3. The minimum absolute atomic E-state index is 0.0571. The second kappa shape index (κ2) is 11.6. The highest BCUT2D eigenvalue weighted by Crippen LogP contribution is 2.40. The Balaban J connectivity index is 1.36. The van der Waals surface area contributed by atoms with Crippen molar-refractivity contribution in [2.24, 2.45) is 5.16 Å². The van der Waals surface area contributed by atoms with Crippen LogP contribution in [-0.4, -0.2) is 68.2 Å². The van der Waals surface area contributed by atoms with Crippen molar-refractivity contribution >= 4 is 47.5 Å². The molecule has 1 aliphatic carbocycles. The minimum atomic E-state index is -1.19. The first kappa shape index (κ1) is 26.4. The monoisotopic (exact) mass is 551 g/mol. The number of aliphatic carboxylic acids is 1. The zero-order chi connectivity index (χ0) is 27.4. The zero-order valence-electron chi connectivity index (χ0n) is 20.9. The molecule has 3 N–H and O–H groups in total. The lowest BCUT2D eigenvalue weighted by Crippen LogP contribution is -2.71. The molecule has 202 valence electrons. The van der Waals surface area contributed by atoms with Crippen molar-refractivity contribution in [1.82, 2.24) is 15.2 Å². The van der Waals surface area contributed by atoms with E-state index in [-0.39, 0.29) is 29.0 Å². The van der Waals surface area contributed by atoms with Crippen LogP contribution in [0.2, 0.25) is 0 Å². The van der Waals surface area contributed by atoms with Gasteiger partial charge in [-0.05, 0) is 37.8 Å². The quantitative estimate of drug-likeness (QED) is 0.130. The summed E-state index contributed by atoms with van der Waals surface area (Å²) in [5, 5.41) is 18.6. The largest absolute Gasteiger partial charge is 0.477 e. The molecule has 0 spiro atoms. The van der Waals surface area contributed by atoms with Gasteiger partial charge in [0.25, 0.3) is 11.8 Å². The van der Waals surface area contributed by atoms with Crippen LogP contribution in [-0.2, 0) is 30.6 Å². The molecule has 1 unspecified atom stereocenters. The van der Waals surface area contributed by atoms with Gasteiger partial charge in [-0.25, -0.2) is 14.3 Å². The van der Waals surface area contributed by atoms with E-state index < -0.39 is 29.2 Å². The Morgan fingerprint density at radius 1 is 1.21 bits per heavy atom. The molecule has 0 bridgehead atoms. The lowest BCUT2D eigenvalue weighted by molar-refractivity contribution is -0.689. The van der Waals surface area contributed by atoms with E-state index in [1.54, 1.807) is 18.2 Å². The van der Waals surface area contributed by atoms with Crippen LogP contribution in [0.4, 0.5) is 5.82 Å². The second-order valence-electron chi connectivity index (χ2n) is 9.29. The molecule has 3 amide bonds. The van der Waals surface area contributed by atoms with Gasteiger partial charge in [-0.2, -0.15) is 0 Å². The highest BCUT2D eigenvalue weighted by Gasteiger charge is 2.54. The van der Waals surface area contributed by atoms with E-state index in [9.17, 15) is 24.3 Å². The van der Waals surface area contributed by atoms with Crippen LogP contribution >= 0.6 is 11.8 Å². The number of thioether (sulfide) groups is 1. The second-order valence-corrected chi connectivity index (χ2v) is 10.4. The lowest BCUT2D eigenvalue weighted by atomic mass is 10.0. The fourth-order valence-corrected chi connectivity index (χ4v) is 6.14. The van der Waals surface area contributed by atoms with Crippen molar-refractivity contribution in [3.8, 4) is 0 Å².